The summed E-state index contributed by atoms with van der Waals surface area (Å²) >= 11 is 1.62. The van der Waals surface area contributed by atoms with Crippen LogP contribution in [-0.4, -0.2) is 40.5 Å². The first-order chi connectivity index (χ1) is 12.5. The summed E-state index contributed by atoms with van der Waals surface area (Å²) < 4.78 is 0. The molecule has 1 aliphatic heterocycles. The first-order valence-electron chi connectivity index (χ1n) is 9.77. The van der Waals surface area contributed by atoms with Crippen molar-refractivity contribution in [1.29, 1.82) is 0 Å². The van der Waals surface area contributed by atoms with Crippen molar-refractivity contribution in [3.63, 3.8) is 0 Å². The molecule has 26 heavy (non-hydrogen) atoms. The number of nitrogens with zero attached hydrogens (tertiary/aromatic N) is 2. The second-order valence-electron chi connectivity index (χ2n) is 7.55. The van der Waals surface area contributed by atoms with Crippen LogP contribution in [0.15, 0.2) is 0 Å². The van der Waals surface area contributed by atoms with Crippen LogP contribution in [0.5, 0.6) is 0 Å². The molecule has 0 spiro atoms. The van der Waals surface area contributed by atoms with Crippen molar-refractivity contribution in [2.75, 3.05) is 6.54 Å². The number of aromatic nitrogens is 1. The highest BCUT2D eigenvalue weighted by atomic mass is 32.1. The van der Waals surface area contributed by atoms with Gasteiger partial charge in [0.1, 0.15) is 6.04 Å². The Morgan fingerprint density at radius 3 is 2.54 bits per heavy atom. The largest absolute Gasteiger partial charge is 0.347 e. The maximum absolute atomic E-state index is 12.8. The van der Waals surface area contributed by atoms with Gasteiger partial charge in [0.25, 0.3) is 0 Å². The summed E-state index contributed by atoms with van der Waals surface area (Å²) in [5.41, 5.74) is 0.971. The van der Waals surface area contributed by atoms with Crippen LogP contribution in [0.4, 0.5) is 4.79 Å². The zero-order valence-electron chi connectivity index (χ0n) is 16.0. The molecular formula is C19H30N4O2S. The molecule has 2 fully saturated rings. The number of likely N-dealkylation sites (tertiary alicyclic amines) is 1. The third kappa shape index (κ3) is 4.37. The molecule has 7 heteroatoms. The first kappa shape index (κ1) is 19.1. The number of carbonyl (C=O) groups excluding carboxylic acids is 2. The third-order valence-electron chi connectivity index (χ3n) is 5.44. The molecule has 2 N–H and O–H groups in total. The third-order valence-corrected chi connectivity index (χ3v) is 6.70. The summed E-state index contributed by atoms with van der Waals surface area (Å²) in [6.45, 7) is 6.59. The Kier molecular flexibility index (Phi) is 6.16. The standard InChI is InChI=1S/C19H30N4O2S/c1-12-17(26-14(3)20-12)13(2)21-18(24)16-10-7-11-23(16)19(25)22-15-8-5-4-6-9-15/h13,15-16H,4-11H2,1-3H3,(H,21,24)(H,22,25)/t13-,16-/m1/s1. The van der Waals surface area contributed by atoms with Crippen molar-refractivity contribution in [3.05, 3.63) is 15.6 Å². The van der Waals surface area contributed by atoms with Gasteiger partial charge in [0.2, 0.25) is 5.91 Å². The van der Waals surface area contributed by atoms with Gasteiger partial charge in [-0.15, -0.1) is 11.3 Å². The quantitative estimate of drug-likeness (QED) is 0.843. The second-order valence-corrected chi connectivity index (χ2v) is 8.78. The van der Waals surface area contributed by atoms with Gasteiger partial charge < -0.3 is 15.5 Å². The lowest BCUT2D eigenvalue weighted by Gasteiger charge is -2.29. The molecule has 0 bridgehead atoms. The Labute approximate surface area is 159 Å². The maximum atomic E-state index is 12.8. The zero-order valence-corrected chi connectivity index (χ0v) is 16.8. The summed E-state index contributed by atoms with van der Waals surface area (Å²) in [5, 5.41) is 7.24. The fourth-order valence-electron chi connectivity index (χ4n) is 4.11. The van der Waals surface area contributed by atoms with Crippen LogP contribution in [-0.2, 0) is 4.79 Å². The van der Waals surface area contributed by atoms with Gasteiger partial charge in [-0.1, -0.05) is 19.3 Å². The molecule has 6 nitrogen and oxygen atoms in total. The number of amides is 3. The molecular weight excluding hydrogens is 348 g/mol. The van der Waals surface area contributed by atoms with E-state index < -0.39 is 0 Å². The van der Waals surface area contributed by atoms with Gasteiger partial charge in [-0.2, -0.15) is 0 Å². The molecule has 0 aromatic carbocycles. The molecule has 1 aliphatic carbocycles. The van der Waals surface area contributed by atoms with Crippen LogP contribution in [0.25, 0.3) is 0 Å². The van der Waals surface area contributed by atoms with E-state index in [1.807, 2.05) is 20.8 Å². The van der Waals surface area contributed by atoms with Gasteiger partial charge in [-0.05, 0) is 46.5 Å². The average molecular weight is 379 g/mol. The summed E-state index contributed by atoms with van der Waals surface area (Å²) in [5.74, 6) is -0.0563. The molecule has 2 atom stereocenters. The normalized spacial score (nSPS) is 22.3. The lowest BCUT2D eigenvalue weighted by molar-refractivity contribution is -0.125. The van der Waals surface area contributed by atoms with Crippen molar-refractivity contribution in [2.45, 2.75) is 83.8 Å². The minimum absolute atomic E-state index is 0.0563. The van der Waals surface area contributed by atoms with Crippen molar-refractivity contribution in [1.82, 2.24) is 20.5 Å². The Morgan fingerprint density at radius 2 is 1.88 bits per heavy atom. The summed E-state index contributed by atoms with van der Waals surface area (Å²) in [7, 11) is 0. The maximum Gasteiger partial charge on any atom is 0.318 e. The highest BCUT2D eigenvalue weighted by Crippen LogP contribution is 2.26. The van der Waals surface area contributed by atoms with Crippen molar-refractivity contribution < 1.29 is 9.59 Å². The Hall–Kier alpha value is -1.63. The van der Waals surface area contributed by atoms with Crippen LogP contribution in [0.3, 0.4) is 0 Å². The van der Waals surface area contributed by atoms with E-state index in [1.165, 1.54) is 19.3 Å². The Bertz CT molecular complexity index is 654. The van der Waals surface area contributed by atoms with Gasteiger partial charge in [0, 0.05) is 17.5 Å². The first-order valence-corrected chi connectivity index (χ1v) is 10.6. The molecule has 1 saturated heterocycles. The van der Waals surface area contributed by atoms with Crippen LogP contribution in [0.1, 0.15) is 73.5 Å². The van der Waals surface area contributed by atoms with E-state index in [2.05, 4.69) is 15.6 Å². The summed E-state index contributed by atoms with van der Waals surface area (Å²) in [4.78, 5) is 32.7. The van der Waals surface area contributed by atoms with Gasteiger partial charge >= 0.3 is 6.03 Å². The predicted octanol–water partition coefficient (Wildman–Crippen LogP) is 3.44. The number of carbonyl (C=O) groups is 2. The minimum Gasteiger partial charge on any atom is -0.347 e. The molecule has 3 amide bonds. The zero-order chi connectivity index (χ0) is 18.7. The Balaban J connectivity index is 1.58. The van der Waals surface area contributed by atoms with E-state index in [-0.39, 0.29) is 30.1 Å². The van der Waals surface area contributed by atoms with Crippen LogP contribution >= 0.6 is 11.3 Å². The van der Waals surface area contributed by atoms with Crippen LogP contribution in [0, 0.1) is 13.8 Å². The van der Waals surface area contributed by atoms with Gasteiger partial charge in [0.15, 0.2) is 0 Å². The lowest BCUT2D eigenvalue weighted by Crippen LogP contribution is -2.52. The molecule has 2 heterocycles. The monoisotopic (exact) mass is 378 g/mol. The van der Waals surface area contributed by atoms with E-state index in [1.54, 1.807) is 16.2 Å². The smallest absolute Gasteiger partial charge is 0.318 e. The Morgan fingerprint density at radius 1 is 1.15 bits per heavy atom. The highest BCUT2D eigenvalue weighted by molar-refractivity contribution is 7.11. The topological polar surface area (TPSA) is 74.3 Å². The van der Waals surface area contributed by atoms with Gasteiger partial charge in [-0.25, -0.2) is 9.78 Å². The number of urea groups is 1. The molecule has 1 saturated carbocycles. The number of rotatable bonds is 4. The van der Waals surface area contributed by atoms with E-state index in [0.717, 1.165) is 41.3 Å². The molecule has 0 unspecified atom stereocenters. The number of nitrogens with one attached hydrogen (secondary N) is 2. The predicted molar refractivity (Wildman–Crippen MR) is 103 cm³/mol. The van der Waals surface area contributed by atoms with Crippen molar-refractivity contribution in [2.24, 2.45) is 0 Å². The molecule has 2 aliphatic rings. The number of hydrogen-bond acceptors (Lipinski definition) is 4. The second kappa shape index (κ2) is 8.37. The van der Waals surface area contributed by atoms with Crippen molar-refractivity contribution in [3.8, 4) is 0 Å². The van der Waals surface area contributed by atoms with Gasteiger partial charge in [0.05, 0.1) is 16.7 Å². The number of aryl methyl sites for hydroxylation is 2. The van der Waals surface area contributed by atoms with E-state index in [0.29, 0.717) is 6.54 Å². The molecule has 1 aromatic heterocycles. The summed E-state index contributed by atoms with van der Waals surface area (Å²) in [6, 6.07) is -0.262. The van der Waals surface area contributed by atoms with E-state index >= 15 is 0 Å². The van der Waals surface area contributed by atoms with Crippen LogP contribution in [0.2, 0.25) is 0 Å². The molecule has 1 aromatic rings. The number of hydrogen-bond donors (Lipinski definition) is 2. The highest BCUT2D eigenvalue weighted by Gasteiger charge is 2.35. The fourth-order valence-corrected chi connectivity index (χ4v) is 5.04. The van der Waals surface area contributed by atoms with Crippen LogP contribution < -0.4 is 10.6 Å². The molecule has 144 valence electrons. The molecule has 0 radical (unpaired) electrons. The lowest BCUT2D eigenvalue weighted by atomic mass is 9.96. The minimum atomic E-state index is -0.365. The number of thiazole rings is 1. The SMILES string of the molecule is Cc1nc(C)c([C@@H](C)NC(=O)[C@H]2CCCN2C(=O)NC2CCCCC2)s1. The average Bonchev–Trinajstić information content (AvgIpc) is 3.22. The summed E-state index contributed by atoms with van der Waals surface area (Å²) in [6.07, 6.45) is 7.34. The van der Waals surface area contributed by atoms with E-state index in [4.69, 9.17) is 0 Å². The molecule has 3 rings (SSSR count). The fraction of sp³-hybridized carbons (Fsp3) is 0.737. The van der Waals surface area contributed by atoms with Gasteiger partial charge in [-0.3, -0.25) is 4.79 Å². The van der Waals surface area contributed by atoms with Crippen molar-refractivity contribution >= 4 is 23.3 Å². The van der Waals surface area contributed by atoms with E-state index in [9.17, 15) is 9.59 Å².